The molecule has 1 aromatic rings. The van der Waals surface area contributed by atoms with Gasteiger partial charge in [-0.15, -0.1) is 0 Å². The van der Waals surface area contributed by atoms with Crippen LogP contribution >= 0.6 is 0 Å². The van der Waals surface area contributed by atoms with Gasteiger partial charge < -0.3 is 19.9 Å². The molecule has 2 aliphatic rings. The van der Waals surface area contributed by atoms with Crippen molar-refractivity contribution < 1.29 is 9.53 Å². The molecule has 6 nitrogen and oxygen atoms in total. The van der Waals surface area contributed by atoms with Crippen LogP contribution in [-0.2, 0) is 17.7 Å². The Hall–Kier alpha value is -1.40. The molecule has 1 amide bonds. The number of amides is 1. The predicted octanol–water partition coefficient (Wildman–Crippen LogP) is 0.409. The molecular formula is C14H22N4O2. The fourth-order valence-corrected chi connectivity index (χ4v) is 2.97. The first kappa shape index (κ1) is 13.6. The molecule has 1 atom stereocenters. The minimum absolute atomic E-state index is 0.0158. The third-order valence-corrected chi connectivity index (χ3v) is 4.09. The summed E-state index contributed by atoms with van der Waals surface area (Å²) >= 11 is 0. The number of hydrogen-bond acceptors (Lipinski definition) is 4. The molecule has 2 aliphatic heterocycles. The minimum atomic E-state index is -0.0581. The van der Waals surface area contributed by atoms with Gasteiger partial charge in [-0.2, -0.15) is 0 Å². The lowest BCUT2D eigenvalue weighted by molar-refractivity contribution is 0.0511. The van der Waals surface area contributed by atoms with Gasteiger partial charge in [0.1, 0.15) is 0 Å². The lowest BCUT2D eigenvalue weighted by atomic mass is 10.1. The van der Waals surface area contributed by atoms with E-state index in [0.29, 0.717) is 25.5 Å². The van der Waals surface area contributed by atoms with Crippen LogP contribution in [0, 0.1) is 0 Å². The van der Waals surface area contributed by atoms with Gasteiger partial charge in [0, 0.05) is 44.7 Å². The zero-order valence-corrected chi connectivity index (χ0v) is 11.8. The van der Waals surface area contributed by atoms with Crippen LogP contribution in [0.25, 0.3) is 0 Å². The quantitative estimate of drug-likeness (QED) is 0.850. The van der Waals surface area contributed by atoms with Crippen LogP contribution in [0.15, 0.2) is 6.20 Å². The zero-order valence-electron chi connectivity index (χ0n) is 11.8. The van der Waals surface area contributed by atoms with E-state index in [0.717, 1.165) is 32.4 Å². The van der Waals surface area contributed by atoms with Crippen molar-refractivity contribution in [3.05, 3.63) is 17.7 Å². The second-order valence-electron chi connectivity index (χ2n) is 5.52. The molecule has 2 N–H and O–H groups in total. The monoisotopic (exact) mass is 278 g/mol. The molecule has 0 aromatic carbocycles. The van der Waals surface area contributed by atoms with Gasteiger partial charge in [-0.3, -0.25) is 4.79 Å². The van der Waals surface area contributed by atoms with Crippen LogP contribution in [0.4, 0.5) is 0 Å². The predicted molar refractivity (Wildman–Crippen MR) is 74.5 cm³/mol. The van der Waals surface area contributed by atoms with E-state index in [9.17, 15) is 4.79 Å². The topological polar surface area (TPSA) is 73.4 Å². The molecule has 1 fully saturated rings. The number of aromatic nitrogens is 2. The third kappa shape index (κ3) is 2.58. The van der Waals surface area contributed by atoms with Gasteiger partial charge in [0.2, 0.25) is 0 Å². The SMILES string of the molecule is NCC1CN(C(=O)c2ncc3n2CCCC3)CCCO1. The van der Waals surface area contributed by atoms with Gasteiger partial charge in [0.05, 0.1) is 6.10 Å². The summed E-state index contributed by atoms with van der Waals surface area (Å²) < 4.78 is 7.69. The molecule has 3 rings (SSSR count). The zero-order chi connectivity index (χ0) is 13.9. The van der Waals surface area contributed by atoms with E-state index in [1.807, 2.05) is 11.1 Å². The number of imidazole rings is 1. The van der Waals surface area contributed by atoms with E-state index in [4.69, 9.17) is 10.5 Å². The van der Waals surface area contributed by atoms with Gasteiger partial charge in [0.15, 0.2) is 5.82 Å². The first-order chi connectivity index (χ1) is 9.79. The number of aryl methyl sites for hydroxylation is 1. The highest BCUT2D eigenvalue weighted by molar-refractivity contribution is 5.91. The summed E-state index contributed by atoms with van der Waals surface area (Å²) in [4.78, 5) is 18.9. The highest BCUT2D eigenvalue weighted by Gasteiger charge is 2.27. The van der Waals surface area contributed by atoms with Crippen molar-refractivity contribution in [2.75, 3.05) is 26.2 Å². The first-order valence-electron chi connectivity index (χ1n) is 7.45. The number of nitrogens with two attached hydrogens (primary N) is 1. The molecule has 3 heterocycles. The van der Waals surface area contributed by atoms with E-state index in [1.165, 1.54) is 12.1 Å². The molecule has 110 valence electrons. The normalized spacial score (nSPS) is 23.2. The molecule has 0 aliphatic carbocycles. The lowest BCUT2D eigenvalue weighted by Gasteiger charge is -2.24. The van der Waals surface area contributed by atoms with E-state index in [2.05, 4.69) is 9.55 Å². The Morgan fingerprint density at radius 1 is 1.40 bits per heavy atom. The standard InChI is InChI=1S/C14H22N4O2/c15-8-12-10-17(5-3-7-20-12)14(19)13-16-9-11-4-1-2-6-18(11)13/h9,12H,1-8,10,15H2. The largest absolute Gasteiger partial charge is 0.375 e. The maximum Gasteiger partial charge on any atom is 0.289 e. The van der Waals surface area contributed by atoms with E-state index in [-0.39, 0.29) is 12.0 Å². The summed E-state index contributed by atoms with van der Waals surface area (Å²) in [6, 6.07) is 0. The fraction of sp³-hybridized carbons (Fsp3) is 0.714. The Morgan fingerprint density at radius 3 is 3.15 bits per heavy atom. The highest BCUT2D eigenvalue weighted by Crippen LogP contribution is 2.18. The van der Waals surface area contributed by atoms with Crippen molar-refractivity contribution >= 4 is 5.91 Å². The van der Waals surface area contributed by atoms with Gasteiger partial charge in [0.25, 0.3) is 5.91 Å². The van der Waals surface area contributed by atoms with Crippen molar-refractivity contribution in [3.8, 4) is 0 Å². The average Bonchev–Trinajstić information content (AvgIpc) is 2.76. The van der Waals surface area contributed by atoms with Crippen molar-refractivity contribution in [1.82, 2.24) is 14.5 Å². The fourth-order valence-electron chi connectivity index (χ4n) is 2.97. The number of hydrogen-bond donors (Lipinski definition) is 1. The molecule has 1 saturated heterocycles. The van der Waals surface area contributed by atoms with Crippen molar-refractivity contribution in [2.45, 2.75) is 38.3 Å². The average molecular weight is 278 g/mol. The summed E-state index contributed by atoms with van der Waals surface area (Å²) in [7, 11) is 0. The van der Waals surface area contributed by atoms with E-state index >= 15 is 0 Å². The second kappa shape index (κ2) is 5.93. The van der Waals surface area contributed by atoms with Gasteiger partial charge in [-0.1, -0.05) is 0 Å². The van der Waals surface area contributed by atoms with Crippen LogP contribution in [0.3, 0.4) is 0 Å². The van der Waals surface area contributed by atoms with Crippen LogP contribution in [0.2, 0.25) is 0 Å². The second-order valence-corrected chi connectivity index (χ2v) is 5.52. The minimum Gasteiger partial charge on any atom is -0.375 e. The maximum atomic E-state index is 12.7. The molecule has 0 radical (unpaired) electrons. The summed E-state index contributed by atoms with van der Waals surface area (Å²) in [6.07, 6.45) is 5.98. The Bertz CT molecular complexity index is 486. The summed E-state index contributed by atoms with van der Waals surface area (Å²) in [6.45, 7) is 3.31. The van der Waals surface area contributed by atoms with Gasteiger partial charge in [-0.05, 0) is 25.7 Å². The van der Waals surface area contributed by atoms with E-state index in [1.54, 1.807) is 0 Å². The van der Waals surface area contributed by atoms with Gasteiger partial charge in [-0.25, -0.2) is 4.98 Å². The summed E-state index contributed by atoms with van der Waals surface area (Å²) in [5.74, 6) is 0.597. The van der Waals surface area contributed by atoms with Crippen molar-refractivity contribution in [2.24, 2.45) is 5.73 Å². The highest BCUT2D eigenvalue weighted by atomic mass is 16.5. The summed E-state index contributed by atoms with van der Waals surface area (Å²) in [5.41, 5.74) is 6.86. The number of carbonyl (C=O) groups excluding carboxylic acids is 1. The number of nitrogens with zero attached hydrogens (tertiary/aromatic N) is 3. The summed E-state index contributed by atoms with van der Waals surface area (Å²) in [5, 5.41) is 0. The molecular weight excluding hydrogens is 256 g/mol. The Kier molecular flexibility index (Phi) is 4.03. The van der Waals surface area contributed by atoms with Crippen LogP contribution in [0.5, 0.6) is 0 Å². The molecule has 20 heavy (non-hydrogen) atoms. The molecule has 0 saturated carbocycles. The third-order valence-electron chi connectivity index (χ3n) is 4.09. The van der Waals surface area contributed by atoms with Gasteiger partial charge >= 0.3 is 0 Å². The number of carbonyl (C=O) groups is 1. The molecule has 1 unspecified atom stereocenters. The van der Waals surface area contributed by atoms with E-state index < -0.39 is 0 Å². The Balaban J connectivity index is 1.79. The number of rotatable bonds is 2. The Labute approximate surface area is 118 Å². The number of fused-ring (bicyclic) bond motifs is 1. The Morgan fingerprint density at radius 2 is 2.30 bits per heavy atom. The maximum absolute atomic E-state index is 12.7. The first-order valence-corrected chi connectivity index (χ1v) is 7.45. The van der Waals surface area contributed by atoms with Crippen LogP contribution < -0.4 is 5.73 Å². The smallest absolute Gasteiger partial charge is 0.289 e. The number of ether oxygens (including phenoxy) is 1. The molecule has 0 spiro atoms. The molecule has 1 aromatic heterocycles. The molecule has 0 bridgehead atoms. The lowest BCUT2D eigenvalue weighted by Crippen LogP contribution is -2.41. The van der Waals surface area contributed by atoms with Crippen molar-refractivity contribution in [1.29, 1.82) is 0 Å². The van der Waals surface area contributed by atoms with Crippen molar-refractivity contribution in [3.63, 3.8) is 0 Å². The van der Waals surface area contributed by atoms with Crippen LogP contribution in [-0.4, -0.2) is 52.7 Å². The van der Waals surface area contributed by atoms with Crippen LogP contribution in [0.1, 0.15) is 35.6 Å². The molecule has 6 heteroatoms.